The Bertz CT molecular complexity index is 1360. The Morgan fingerprint density at radius 1 is 0.867 bits per heavy atom. The first-order chi connectivity index (χ1) is 14.8. The van der Waals surface area contributed by atoms with Gasteiger partial charge in [-0.2, -0.15) is 0 Å². The van der Waals surface area contributed by atoms with Gasteiger partial charge in [-0.05, 0) is 42.0 Å². The summed E-state index contributed by atoms with van der Waals surface area (Å²) >= 11 is 0. The third kappa shape index (κ3) is 3.46. The molecule has 0 aliphatic carbocycles. The van der Waals surface area contributed by atoms with Crippen molar-refractivity contribution in [3.05, 3.63) is 101 Å². The maximum Gasteiger partial charge on any atom is 0.365 e. The molecule has 1 N–H and O–H groups in total. The maximum atomic E-state index is 12.3. The van der Waals surface area contributed by atoms with E-state index in [2.05, 4.69) is 15.1 Å². The number of benzene rings is 2. The number of fused-ring (bicyclic) bond motifs is 1. The van der Waals surface area contributed by atoms with Gasteiger partial charge in [-0.15, -0.1) is 0 Å². The molecule has 3 aromatic heterocycles. The van der Waals surface area contributed by atoms with Gasteiger partial charge < -0.3 is 9.26 Å². The number of pyridine rings is 2. The van der Waals surface area contributed by atoms with Crippen molar-refractivity contribution in [2.45, 2.75) is 6.61 Å². The predicted molar refractivity (Wildman–Crippen MR) is 114 cm³/mol. The van der Waals surface area contributed by atoms with E-state index in [0.717, 1.165) is 27.7 Å². The Morgan fingerprint density at radius 3 is 2.50 bits per heavy atom. The maximum absolute atomic E-state index is 12.3. The Kier molecular flexibility index (Phi) is 4.57. The first-order valence-corrected chi connectivity index (χ1v) is 9.48. The lowest BCUT2D eigenvalue weighted by Crippen LogP contribution is -1.99. The van der Waals surface area contributed by atoms with E-state index in [9.17, 15) is 4.79 Å². The largest absolute Gasteiger partial charge is 0.487 e. The lowest BCUT2D eigenvalue weighted by Gasteiger charge is -2.08. The summed E-state index contributed by atoms with van der Waals surface area (Å²) in [4.78, 5) is 20.9. The molecule has 5 rings (SSSR count). The van der Waals surface area contributed by atoms with Crippen LogP contribution in [0.25, 0.3) is 33.3 Å². The second-order valence-electron chi connectivity index (χ2n) is 6.79. The second-order valence-corrected chi connectivity index (χ2v) is 6.79. The molecule has 0 atom stereocenters. The van der Waals surface area contributed by atoms with Gasteiger partial charge >= 0.3 is 5.63 Å². The summed E-state index contributed by atoms with van der Waals surface area (Å²) in [6.45, 7) is 0.360. The van der Waals surface area contributed by atoms with Crippen LogP contribution in [-0.2, 0) is 6.61 Å². The molecule has 6 nitrogen and oxygen atoms in total. The molecule has 0 radical (unpaired) electrons. The average molecular weight is 395 g/mol. The van der Waals surface area contributed by atoms with Gasteiger partial charge in [0.25, 0.3) is 0 Å². The highest BCUT2D eigenvalue weighted by Crippen LogP contribution is 2.29. The van der Waals surface area contributed by atoms with Crippen LogP contribution >= 0.6 is 0 Å². The summed E-state index contributed by atoms with van der Waals surface area (Å²) in [6, 6.07) is 23.0. The van der Waals surface area contributed by atoms with Crippen LogP contribution in [0, 0.1) is 0 Å². The summed E-state index contributed by atoms with van der Waals surface area (Å²) in [5.41, 5.74) is 4.04. The Balaban J connectivity index is 1.36. The first kappa shape index (κ1) is 17.9. The SMILES string of the molecule is O=c1o[nH]c(-c2ccncc2)c1-c1ccc(OCc2ccc3ccccc3n2)cc1. The van der Waals surface area contributed by atoms with Crippen molar-refractivity contribution in [3.8, 4) is 28.1 Å². The molecule has 0 unspecified atom stereocenters. The van der Waals surface area contributed by atoms with Crippen LogP contribution in [0.4, 0.5) is 0 Å². The zero-order valence-corrected chi connectivity index (χ0v) is 15.9. The molecule has 3 heterocycles. The van der Waals surface area contributed by atoms with Gasteiger partial charge in [-0.3, -0.25) is 4.98 Å². The Labute approximate surface area is 171 Å². The molecule has 146 valence electrons. The van der Waals surface area contributed by atoms with Crippen molar-refractivity contribution in [2.75, 3.05) is 0 Å². The minimum absolute atomic E-state index is 0.360. The van der Waals surface area contributed by atoms with Crippen LogP contribution in [0.15, 0.2) is 94.5 Å². The average Bonchev–Trinajstić information content (AvgIpc) is 3.20. The van der Waals surface area contributed by atoms with E-state index in [1.807, 2.05) is 72.8 Å². The summed E-state index contributed by atoms with van der Waals surface area (Å²) < 4.78 is 10.9. The lowest BCUT2D eigenvalue weighted by molar-refractivity contribution is 0.302. The molecular formula is C24H17N3O3. The molecule has 2 aromatic carbocycles. The van der Waals surface area contributed by atoms with Gasteiger partial charge in [0.2, 0.25) is 0 Å². The molecule has 0 saturated heterocycles. The van der Waals surface area contributed by atoms with E-state index in [0.29, 0.717) is 23.6 Å². The van der Waals surface area contributed by atoms with E-state index in [1.54, 1.807) is 12.4 Å². The fourth-order valence-corrected chi connectivity index (χ4v) is 3.35. The number of aromatic amines is 1. The topological polar surface area (TPSA) is 81.0 Å². The van der Waals surface area contributed by atoms with E-state index < -0.39 is 5.63 Å². The standard InChI is InChI=1S/C24H17N3O3/c28-24-22(23(27-30-24)18-11-13-25-14-12-18)17-6-9-20(10-7-17)29-15-19-8-5-16-3-1-2-4-21(16)26-19/h1-14,27H,15H2. The van der Waals surface area contributed by atoms with Gasteiger partial charge in [0.1, 0.15) is 12.4 Å². The number of ether oxygens (including phenoxy) is 1. The molecule has 0 aliphatic rings. The highest BCUT2D eigenvalue weighted by Gasteiger charge is 2.16. The number of aromatic nitrogens is 3. The quantitative estimate of drug-likeness (QED) is 0.461. The lowest BCUT2D eigenvalue weighted by atomic mass is 10.0. The van der Waals surface area contributed by atoms with Crippen LogP contribution in [0.5, 0.6) is 5.75 Å². The van der Waals surface area contributed by atoms with E-state index in [4.69, 9.17) is 9.26 Å². The molecule has 0 saturated carbocycles. The van der Waals surface area contributed by atoms with Crippen LogP contribution in [0.1, 0.15) is 5.69 Å². The molecule has 0 fully saturated rings. The first-order valence-electron chi connectivity index (χ1n) is 9.48. The van der Waals surface area contributed by atoms with Crippen LogP contribution in [-0.4, -0.2) is 15.1 Å². The number of nitrogens with one attached hydrogen (secondary N) is 1. The van der Waals surface area contributed by atoms with Crippen molar-refractivity contribution in [3.63, 3.8) is 0 Å². The number of nitrogens with zero attached hydrogens (tertiary/aromatic N) is 2. The molecule has 0 spiro atoms. The van der Waals surface area contributed by atoms with Crippen molar-refractivity contribution >= 4 is 10.9 Å². The number of hydrogen-bond donors (Lipinski definition) is 1. The number of rotatable bonds is 5. The van der Waals surface area contributed by atoms with E-state index in [1.165, 1.54) is 0 Å². The van der Waals surface area contributed by atoms with Gasteiger partial charge in [0.05, 0.1) is 22.5 Å². The molecule has 30 heavy (non-hydrogen) atoms. The summed E-state index contributed by atoms with van der Waals surface area (Å²) in [7, 11) is 0. The Hall–Kier alpha value is -4.19. The van der Waals surface area contributed by atoms with Crippen LogP contribution in [0.3, 0.4) is 0 Å². The Morgan fingerprint density at radius 2 is 1.67 bits per heavy atom. The summed E-state index contributed by atoms with van der Waals surface area (Å²) in [5.74, 6) is 0.694. The van der Waals surface area contributed by atoms with Crippen LogP contribution < -0.4 is 10.4 Å². The fraction of sp³-hybridized carbons (Fsp3) is 0.0417. The van der Waals surface area contributed by atoms with Crippen molar-refractivity contribution in [1.82, 2.24) is 15.1 Å². The van der Waals surface area contributed by atoms with Crippen molar-refractivity contribution < 1.29 is 9.26 Å². The molecule has 0 aliphatic heterocycles. The molecule has 5 aromatic rings. The normalized spacial score (nSPS) is 10.9. The predicted octanol–water partition coefficient (Wildman–Crippen LogP) is 4.82. The van der Waals surface area contributed by atoms with E-state index >= 15 is 0 Å². The summed E-state index contributed by atoms with van der Waals surface area (Å²) in [5, 5.41) is 3.81. The third-order valence-corrected chi connectivity index (χ3v) is 4.85. The zero-order chi connectivity index (χ0) is 20.3. The van der Waals surface area contributed by atoms with Crippen molar-refractivity contribution in [2.24, 2.45) is 0 Å². The molecule has 6 heteroatoms. The zero-order valence-electron chi connectivity index (χ0n) is 15.9. The number of hydrogen-bond acceptors (Lipinski definition) is 5. The second kappa shape index (κ2) is 7.67. The smallest absolute Gasteiger partial charge is 0.365 e. The van der Waals surface area contributed by atoms with Gasteiger partial charge in [-0.25, -0.2) is 14.9 Å². The highest BCUT2D eigenvalue weighted by atomic mass is 16.5. The summed E-state index contributed by atoms with van der Waals surface area (Å²) in [6.07, 6.45) is 3.34. The fourth-order valence-electron chi connectivity index (χ4n) is 3.35. The monoisotopic (exact) mass is 395 g/mol. The number of H-pyrrole nitrogens is 1. The van der Waals surface area contributed by atoms with Gasteiger partial charge in [0, 0.05) is 23.3 Å². The minimum Gasteiger partial charge on any atom is -0.487 e. The molecular weight excluding hydrogens is 378 g/mol. The minimum atomic E-state index is -0.421. The highest BCUT2D eigenvalue weighted by molar-refractivity contribution is 5.80. The third-order valence-electron chi connectivity index (χ3n) is 4.85. The number of para-hydroxylation sites is 1. The van der Waals surface area contributed by atoms with Gasteiger partial charge in [0.15, 0.2) is 0 Å². The van der Waals surface area contributed by atoms with E-state index in [-0.39, 0.29) is 0 Å². The molecule has 0 amide bonds. The van der Waals surface area contributed by atoms with Crippen LogP contribution in [0.2, 0.25) is 0 Å². The van der Waals surface area contributed by atoms with Gasteiger partial charge in [-0.1, -0.05) is 36.4 Å². The molecule has 0 bridgehead atoms. The van der Waals surface area contributed by atoms with Crippen molar-refractivity contribution in [1.29, 1.82) is 0 Å².